The van der Waals surface area contributed by atoms with Gasteiger partial charge < -0.3 is 10.2 Å². The Kier molecular flexibility index (Phi) is 4.68. The molecule has 2 rings (SSSR count). The minimum Gasteiger partial charge on any atom is -0.349 e. The second-order valence-corrected chi connectivity index (χ2v) is 5.30. The van der Waals surface area contributed by atoms with Crippen LogP contribution in [-0.4, -0.2) is 41.0 Å². The van der Waals surface area contributed by atoms with Crippen LogP contribution in [0.15, 0.2) is 24.5 Å². The first-order chi connectivity index (χ1) is 10.3. The number of carbonyl (C=O) groups excluding carboxylic acids is 2. The maximum absolute atomic E-state index is 12.3. The minimum absolute atomic E-state index is 0.190. The number of hydrogen-bond donors (Lipinski definition) is 1. The number of nitrogens with one attached hydrogen (secondary N) is 1. The third-order valence-corrected chi connectivity index (χ3v) is 3.52. The Hall–Kier alpha value is -2.12. The molecule has 0 bridgehead atoms. The predicted molar refractivity (Wildman–Crippen MR) is 71.5 cm³/mol. The Morgan fingerprint density at radius 2 is 2.09 bits per heavy atom. The van der Waals surface area contributed by atoms with Crippen LogP contribution in [0.5, 0.6) is 0 Å². The van der Waals surface area contributed by atoms with Crippen molar-refractivity contribution in [3.63, 3.8) is 0 Å². The number of pyridine rings is 1. The number of likely N-dealkylation sites (tertiary alicyclic amines) is 1. The zero-order chi connectivity index (χ0) is 16.3. The number of halogens is 3. The molecule has 0 spiro atoms. The predicted octanol–water partition coefficient (Wildman–Crippen LogP) is 1.67. The fraction of sp³-hybridized carbons (Fsp3) is 0.500. The van der Waals surface area contributed by atoms with Crippen LogP contribution < -0.4 is 5.32 Å². The van der Waals surface area contributed by atoms with Crippen molar-refractivity contribution in [2.24, 2.45) is 5.92 Å². The van der Waals surface area contributed by atoms with Gasteiger partial charge >= 0.3 is 6.18 Å². The number of amides is 2. The van der Waals surface area contributed by atoms with Crippen LogP contribution in [0.25, 0.3) is 0 Å². The molecule has 0 unspecified atom stereocenters. The summed E-state index contributed by atoms with van der Waals surface area (Å²) in [5.74, 6) is -1.81. The molecule has 2 amide bonds. The molecule has 0 aliphatic carbocycles. The number of alkyl halides is 3. The standard InChI is InChI=1S/C14H16F3N3O2/c1-9(10-2-4-18-5-3-10)19-13(22)11-6-12(21)20(7-11)8-14(15,16)17/h2-5,9,11H,6-8H2,1H3,(H,19,22)/t9-,11-/m1/s1. The molecular weight excluding hydrogens is 299 g/mol. The van der Waals surface area contributed by atoms with Gasteiger partial charge in [-0.25, -0.2) is 0 Å². The molecule has 0 saturated carbocycles. The summed E-state index contributed by atoms with van der Waals surface area (Å²) < 4.78 is 37.0. The van der Waals surface area contributed by atoms with E-state index in [9.17, 15) is 22.8 Å². The monoisotopic (exact) mass is 315 g/mol. The van der Waals surface area contributed by atoms with Crippen LogP contribution in [0.3, 0.4) is 0 Å². The lowest BCUT2D eigenvalue weighted by Gasteiger charge is -2.19. The lowest BCUT2D eigenvalue weighted by Crippen LogP contribution is -2.37. The van der Waals surface area contributed by atoms with E-state index in [0.717, 1.165) is 5.56 Å². The summed E-state index contributed by atoms with van der Waals surface area (Å²) in [5, 5.41) is 2.72. The largest absolute Gasteiger partial charge is 0.406 e. The molecule has 8 heteroatoms. The molecule has 22 heavy (non-hydrogen) atoms. The molecular formula is C14H16F3N3O2. The highest BCUT2D eigenvalue weighted by molar-refractivity contribution is 5.89. The van der Waals surface area contributed by atoms with Crippen LogP contribution in [0.2, 0.25) is 0 Å². The van der Waals surface area contributed by atoms with Crippen molar-refractivity contribution < 1.29 is 22.8 Å². The van der Waals surface area contributed by atoms with Crippen molar-refractivity contribution in [3.8, 4) is 0 Å². The number of aromatic nitrogens is 1. The topological polar surface area (TPSA) is 62.3 Å². The summed E-state index contributed by atoms with van der Waals surface area (Å²) >= 11 is 0. The third kappa shape index (κ3) is 4.19. The fourth-order valence-corrected chi connectivity index (χ4v) is 2.38. The molecule has 1 fully saturated rings. The van der Waals surface area contributed by atoms with E-state index in [1.165, 1.54) is 0 Å². The van der Waals surface area contributed by atoms with Crippen LogP contribution >= 0.6 is 0 Å². The van der Waals surface area contributed by atoms with E-state index in [1.54, 1.807) is 31.5 Å². The summed E-state index contributed by atoms with van der Waals surface area (Å²) in [5.41, 5.74) is 0.833. The van der Waals surface area contributed by atoms with E-state index >= 15 is 0 Å². The first-order valence-electron chi connectivity index (χ1n) is 6.81. The smallest absolute Gasteiger partial charge is 0.349 e. The molecule has 1 aliphatic rings. The SMILES string of the molecule is C[C@@H](NC(=O)[C@@H]1CC(=O)N(CC(F)(F)F)C1)c1ccncc1. The molecule has 1 aromatic rings. The average Bonchev–Trinajstić information content (AvgIpc) is 2.79. The van der Waals surface area contributed by atoms with E-state index in [0.29, 0.717) is 4.90 Å². The molecule has 0 radical (unpaired) electrons. The van der Waals surface area contributed by atoms with E-state index in [4.69, 9.17) is 0 Å². The van der Waals surface area contributed by atoms with Gasteiger partial charge in [0.15, 0.2) is 0 Å². The normalized spacial score (nSPS) is 20.1. The van der Waals surface area contributed by atoms with Crippen LogP contribution in [0, 0.1) is 5.92 Å². The third-order valence-electron chi connectivity index (χ3n) is 3.52. The van der Waals surface area contributed by atoms with E-state index in [-0.39, 0.29) is 19.0 Å². The number of hydrogen-bond acceptors (Lipinski definition) is 3. The zero-order valence-corrected chi connectivity index (χ0v) is 11.9. The van der Waals surface area contributed by atoms with Crippen molar-refractivity contribution in [2.45, 2.75) is 25.6 Å². The summed E-state index contributed by atoms with van der Waals surface area (Å²) in [7, 11) is 0. The van der Waals surface area contributed by atoms with E-state index in [2.05, 4.69) is 10.3 Å². The lowest BCUT2D eigenvalue weighted by atomic mass is 10.1. The molecule has 5 nitrogen and oxygen atoms in total. The summed E-state index contributed by atoms with van der Waals surface area (Å²) in [6.45, 7) is 0.250. The first-order valence-corrected chi connectivity index (χ1v) is 6.81. The molecule has 1 aliphatic heterocycles. The molecule has 2 atom stereocenters. The number of nitrogens with zero attached hydrogens (tertiary/aromatic N) is 2. The highest BCUT2D eigenvalue weighted by Crippen LogP contribution is 2.24. The Morgan fingerprint density at radius 1 is 1.45 bits per heavy atom. The molecule has 1 aromatic heterocycles. The molecule has 120 valence electrons. The van der Waals surface area contributed by atoms with Crippen molar-refractivity contribution >= 4 is 11.8 Å². The van der Waals surface area contributed by atoms with Gasteiger partial charge in [-0.15, -0.1) is 0 Å². The van der Waals surface area contributed by atoms with Gasteiger partial charge in [0, 0.05) is 25.4 Å². The van der Waals surface area contributed by atoms with Gasteiger partial charge in [0.25, 0.3) is 0 Å². The minimum atomic E-state index is -4.45. The Morgan fingerprint density at radius 3 is 2.68 bits per heavy atom. The van der Waals surface area contributed by atoms with Crippen molar-refractivity contribution in [2.75, 3.05) is 13.1 Å². The molecule has 1 saturated heterocycles. The molecule has 0 aromatic carbocycles. The van der Waals surface area contributed by atoms with Gasteiger partial charge in [-0.3, -0.25) is 14.6 Å². The average molecular weight is 315 g/mol. The first kappa shape index (κ1) is 16.3. The Labute approximate surface area is 125 Å². The van der Waals surface area contributed by atoms with Gasteiger partial charge in [-0.1, -0.05) is 0 Å². The molecule has 1 N–H and O–H groups in total. The maximum Gasteiger partial charge on any atom is 0.406 e. The Balaban J connectivity index is 1.93. The van der Waals surface area contributed by atoms with E-state index < -0.39 is 30.5 Å². The number of carbonyl (C=O) groups is 2. The summed E-state index contributed by atoms with van der Waals surface area (Å²) in [4.78, 5) is 28.2. The highest BCUT2D eigenvalue weighted by atomic mass is 19.4. The number of rotatable bonds is 4. The van der Waals surface area contributed by atoms with Crippen molar-refractivity contribution in [3.05, 3.63) is 30.1 Å². The van der Waals surface area contributed by atoms with Gasteiger partial charge in [-0.2, -0.15) is 13.2 Å². The van der Waals surface area contributed by atoms with Gasteiger partial charge in [0.05, 0.1) is 12.0 Å². The van der Waals surface area contributed by atoms with Crippen LogP contribution in [0.4, 0.5) is 13.2 Å². The van der Waals surface area contributed by atoms with Crippen LogP contribution in [-0.2, 0) is 9.59 Å². The second-order valence-electron chi connectivity index (χ2n) is 5.30. The highest BCUT2D eigenvalue weighted by Gasteiger charge is 2.40. The Bertz CT molecular complexity index is 548. The van der Waals surface area contributed by atoms with Gasteiger partial charge in [0.1, 0.15) is 6.54 Å². The quantitative estimate of drug-likeness (QED) is 0.919. The van der Waals surface area contributed by atoms with Crippen molar-refractivity contribution in [1.82, 2.24) is 15.2 Å². The van der Waals surface area contributed by atoms with Crippen molar-refractivity contribution in [1.29, 1.82) is 0 Å². The fourth-order valence-electron chi connectivity index (χ4n) is 2.38. The molecule has 2 heterocycles. The summed E-state index contributed by atoms with van der Waals surface area (Å²) in [6.07, 6.45) is -1.47. The van der Waals surface area contributed by atoms with Gasteiger partial charge in [0.2, 0.25) is 11.8 Å². The summed E-state index contributed by atoms with van der Waals surface area (Å²) in [6, 6.07) is 3.17. The van der Waals surface area contributed by atoms with Crippen LogP contribution in [0.1, 0.15) is 24.9 Å². The van der Waals surface area contributed by atoms with E-state index in [1.807, 2.05) is 0 Å². The lowest BCUT2D eigenvalue weighted by molar-refractivity contribution is -0.157. The maximum atomic E-state index is 12.3. The zero-order valence-electron chi connectivity index (χ0n) is 11.9. The van der Waals surface area contributed by atoms with Gasteiger partial charge in [-0.05, 0) is 24.6 Å². The second kappa shape index (κ2) is 6.33.